The lowest BCUT2D eigenvalue weighted by molar-refractivity contribution is -0.140. The number of rotatable bonds is 23. The van der Waals surface area contributed by atoms with Crippen LogP contribution in [0.5, 0.6) is 0 Å². The molecule has 143 heavy (non-hydrogen) atoms. The van der Waals surface area contributed by atoms with Crippen molar-refractivity contribution in [1.29, 1.82) is 0 Å². The number of hydrogen-bond donors (Lipinski definition) is 0. The summed E-state index contributed by atoms with van der Waals surface area (Å²) >= 11 is 0. The van der Waals surface area contributed by atoms with Gasteiger partial charge in [-0.2, -0.15) is 0 Å². The van der Waals surface area contributed by atoms with Crippen LogP contribution in [-0.4, -0.2) is 136 Å². The standard InChI is InChI=1S/C30H37FN2O3S.C29H37FN2O3S.2C29H35FN2O2S/c1-20-17-33(30(34)21(2)23-6-4-5-7-23)15-14-26(20)28-18-32(3)29-13-8-22(16-27(28)29)19-37(35,36)25-11-9-24(31)10-12-25;1-19-16-32(28(33)20(2)29(3,4)5)14-13-24(19)26-17-31(6)27-12-7-21(15-25(26)27)18-36(34,35)23-10-8-22(30)9-11-23;2*1-20-17-32(21(2)23-6-4-5-7-23)15-14-26(20)28-18-31(3)29-13-8-22(16-27(28)29)19-35(33,34)25-11-9-24(30)10-12-25/h8-13,16,18,20-21,23,26H,4-7,14-15,17,19H2,1-3H3;7-12,15,17,19-20,24H,13-14,16,18H2,1-6H3;2*8-13,16,18,20,23,26H,2,4-7,14-15,17,19H2,1,3H3/t20-,21+,26+;19-,20-,24+;2*20-,26+/m0010/s1. The third-order valence-corrected chi connectivity index (χ3v) is 39.7. The number of likely N-dealkylation sites (tertiary alicyclic amines) is 4. The summed E-state index contributed by atoms with van der Waals surface area (Å²) in [6.45, 7) is 35.6. The zero-order valence-electron chi connectivity index (χ0n) is 85.5. The molecule has 0 radical (unpaired) electrons. The molecule has 10 atom stereocenters. The second-order valence-corrected chi connectivity index (χ2v) is 51.8. The second kappa shape index (κ2) is 43.6. The van der Waals surface area contributed by atoms with Gasteiger partial charge in [-0.15, -0.1) is 0 Å². The molecule has 19 rings (SSSR count). The maximum absolute atomic E-state index is 13.3. The lowest BCUT2D eigenvalue weighted by atomic mass is 9.78. The highest BCUT2D eigenvalue weighted by Crippen LogP contribution is 2.48. The van der Waals surface area contributed by atoms with E-state index in [9.17, 15) is 60.8 Å². The maximum Gasteiger partial charge on any atom is 0.225 e. The molecule has 4 saturated heterocycles. The summed E-state index contributed by atoms with van der Waals surface area (Å²) in [7, 11) is -6.15. The highest BCUT2D eigenvalue weighted by Gasteiger charge is 2.41. The number of halogens is 4. The van der Waals surface area contributed by atoms with E-state index in [1.54, 1.807) is 0 Å². The largest absolute Gasteiger partial charge is 0.375 e. The summed E-state index contributed by atoms with van der Waals surface area (Å²) in [5, 5.41) is 4.41. The Hall–Kier alpha value is -10.5. The van der Waals surface area contributed by atoms with Gasteiger partial charge in [0.05, 0.1) is 42.6 Å². The van der Waals surface area contributed by atoms with Crippen LogP contribution in [0.2, 0.25) is 0 Å². The number of piperidine rings is 4. The van der Waals surface area contributed by atoms with Gasteiger partial charge in [-0.05, 0) is 325 Å². The first-order valence-electron chi connectivity index (χ1n) is 51.6. The molecule has 8 aromatic carbocycles. The summed E-state index contributed by atoms with van der Waals surface area (Å²) < 4.78 is 165. The van der Waals surface area contributed by atoms with Crippen molar-refractivity contribution in [3.8, 4) is 0 Å². The van der Waals surface area contributed by atoms with Crippen LogP contribution in [0.1, 0.15) is 233 Å². The van der Waals surface area contributed by atoms with Crippen molar-refractivity contribution < 1.29 is 60.8 Å². The minimum Gasteiger partial charge on any atom is -0.375 e. The van der Waals surface area contributed by atoms with Crippen LogP contribution in [0, 0.1) is 81.9 Å². The van der Waals surface area contributed by atoms with Gasteiger partial charge < -0.3 is 37.9 Å². The molecule has 764 valence electrons. The van der Waals surface area contributed by atoms with Crippen molar-refractivity contribution in [1.82, 2.24) is 37.9 Å². The highest BCUT2D eigenvalue weighted by molar-refractivity contribution is 7.91. The molecular weight excluding hydrogens is 1880 g/mol. The van der Waals surface area contributed by atoms with Gasteiger partial charge >= 0.3 is 0 Å². The van der Waals surface area contributed by atoms with E-state index in [-0.39, 0.29) is 77.6 Å². The zero-order valence-corrected chi connectivity index (χ0v) is 88.8. The second-order valence-electron chi connectivity index (χ2n) is 43.9. The molecule has 0 N–H and O–H groups in total. The van der Waals surface area contributed by atoms with Crippen molar-refractivity contribution in [2.24, 2.45) is 86.9 Å². The molecule has 12 aromatic rings. The molecule has 0 unspecified atom stereocenters. The lowest BCUT2D eigenvalue weighted by Crippen LogP contribution is -2.46. The van der Waals surface area contributed by atoms with Gasteiger partial charge in [0, 0.05) is 172 Å². The van der Waals surface area contributed by atoms with Crippen molar-refractivity contribution in [3.63, 3.8) is 0 Å². The van der Waals surface area contributed by atoms with Gasteiger partial charge in [-0.1, -0.05) is 138 Å². The van der Waals surface area contributed by atoms with Crippen LogP contribution >= 0.6 is 0 Å². The first kappa shape index (κ1) is 105. The summed E-state index contributed by atoms with van der Waals surface area (Å²) in [5.41, 5.74) is 14.9. The Kier molecular flexibility index (Phi) is 32.1. The van der Waals surface area contributed by atoms with Crippen LogP contribution in [0.3, 0.4) is 0 Å². The number of carbonyl (C=O) groups is 2. The number of amides is 2. The average molecular weight is 2030 g/mol. The van der Waals surface area contributed by atoms with E-state index in [1.807, 2.05) is 98.7 Å². The molecule has 2 amide bonds. The minimum absolute atomic E-state index is 0.0376. The molecule has 0 bridgehead atoms. The Morgan fingerprint density at radius 1 is 0.336 bits per heavy atom. The number of nitrogens with zero attached hydrogens (tertiary/aromatic N) is 8. The van der Waals surface area contributed by atoms with E-state index in [0.29, 0.717) is 64.7 Å². The molecule has 3 aliphatic carbocycles. The smallest absolute Gasteiger partial charge is 0.225 e. The van der Waals surface area contributed by atoms with Gasteiger partial charge in [-0.25, -0.2) is 51.2 Å². The fourth-order valence-electron chi connectivity index (χ4n) is 24.2. The number of aromatic nitrogens is 4. The molecule has 7 fully saturated rings. The monoisotopic (exact) mass is 2020 g/mol. The maximum atomic E-state index is 13.3. The highest BCUT2D eigenvalue weighted by atomic mass is 32.2. The summed E-state index contributed by atoms with van der Waals surface area (Å²) in [4.78, 5) is 36.0. The number of carbonyl (C=O) groups excluding carboxylic acids is 2. The lowest BCUT2D eigenvalue weighted by Gasteiger charge is -2.40. The number of sulfone groups is 4. The normalized spacial score (nSPS) is 21.3. The topological polar surface area (TPSA) is 203 Å². The van der Waals surface area contributed by atoms with E-state index in [2.05, 4.69) is 140 Å². The summed E-state index contributed by atoms with van der Waals surface area (Å²) in [5.74, 6) is 3.18. The Morgan fingerprint density at radius 3 is 0.811 bits per heavy atom. The molecule has 4 aromatic heterocycles. The van der Waals surface area contributed by atoms with E-state index >= 15 is 0 Å². The van der Waals surface area contributed by atoms with Crippen LogP contribution in [0.25, 0.3) is 43.6 Å². The summed E-state index contributed by atoms with van der Waals surface area (Å²) in [6.07, 6.45) is 28.0. The third-order valence-electron chi connectivity index (χ3n) is 32.9. The van der Waals surface area contributed by atoms with Gasteiger partial charge in [-0.3, -0.25) is 9.59 Å². The molecule has 18 nitrogen and oxygen atoms in total. The van der Waals surface area contributed by atoms with Gasteiger partial charge in [0.15, 0.2) is 39.3 Å². The first-order valence-corrected chi connectivity index (χ1v) is 58.2. The molecule has 3 saturated carbocycles. The van der Waals surface area contributed by atoms with Crippen molar-refractivity contribution in [2.75, 3.05) is 52.4 Å². The number of benzene rings is 8. The average Bonchev–Trinajstić information content (AvgIpc) is 1.62. The fourth-order valence-corrected chi connectivity index (χ4v) is 29.5. The van der Waals surface area contributed by atoms with Gasteiger partial charge in [0.1, 0.15) is 23.3 Å². The molecule has 0 spiro atoms. The number of fused-ring (bicyclic) bond motifs is 4. The van der Waals surface area contributed by atoms with Crippen molar-refractivity contribution in [2.45, 2.75) is 231 Å². The summed E-state index contributed by atoms with van der Waals surface area (Å²) in [6, 6.07) is 43.7. The minimum atomic E-state index is -3.60. The fraction of sp³-hybridized carbons (Fsp3) is 0.470. The van der Waals surface area contributed by atoms with Crippen LogP contribution in [0.4, 0.5) is 17.6 Å². The third kappa shape index (κ3) is 23.8. The van der Waals surface area contributed by atoms with Crippen LogP contribution < -0.4 is 0 Å². The predicted octanol–water partition coefficient (Wildman–Crippen LogP) is 24.8. The molecule has 4 aliphatic heterocycles. The van der Waals surface area contributed by atoms with E-state index < -0.39 is 62.6 Å². The number of aryl methyl sites for hydroxylation is 4. The molecule has 7 aliphatic rings. The zero-order chi connectivity index (χ0) is 102. The van der Waals surface area contributed by atoms with Gasteiger partial charge in [0.25, 0.3) is 0 Å². The van der Waals surface area contributed by atoms with Gasteiger partial charge in [0.2, 0.25) is 11.8 Å². The Labute approximate surface area is 845 Å². The first-order chi connectivity index (χ1) is 67.9. The van der Waals surface area contributed by atoms with Crippen molar-refractivity contribution >= 4 is 94.8 Å². The SMILES string of the molecule is C=C(C1CCCC1)N1CC[C@@H](c2cn(C)c3ccc(CS(=O)(=O)c4ccc(F)cc4)cc23)[C@@H](C)C1.C=C(C1CCCC1)N1CC[C@H](c2cn(C)c3ccc(CS(=O)(=O)c4ccc(F)cc4)cc23)[C@H](C)C1.C[C@@H](C(=O)N1CC[C@@H](c2cn(C)c3ccc(CS(=O)(=O)c4ccc(F)cc4)cc23)[C@@H](C)C1)C1CCCC1.C[C@H]1CN(C(=O)[C@H](C)C(C)(C)C)CC[C@H]1c1cn(C)c2ccc(CS(=O)(=O)c3ccc(F)cc3)cc12. The Bertz CT molecular complexity index is 6920. The van der Waals surface area contributed by atoms with Crippen molar-refractivity contribution in [3.05, 3.63) is 287 Å². The van der Waals surface area contributed by atoms with E-state index in [1.165, 1.54) is 208 Å². The number of hydrogen-bond acceptors (Lipinski definition) is 12. The van der Waals surface area contributed by atoms with E-state index in [0.717, 1.165) is 138 Å². The Morgan fingerprint density at radius 2 is 0.566 bits per heavy atom. The molecule has 26 heteroatoms. The Balaban J connectivity index is 0.000000137. The van der Waals surface area contributed by atoms with Crippen LogP contribution in [0.15, 0.2) is 239 Å². The number of allylic oxidation sites excluding steroid dienone is 2. The molecule has 8 heterocycles. The van der Waals surface area contributed by atoms with Crippen LogP contribution in [-0.2, 0) is 100 Å². The van der Waals surface area contributed by atoms with E-state index in [4.69, 9.17) is 0 Å². The predicted molar refractivity (Wildman–Crippen MR) is 565 cm³/mol. The quantitative estimate of drug-likeness (QED) is 0.0433. The molecular formula is C117H144F4N8O10S4.